The molecule has 2 N–H and O–H groups in total. The van der Waals surface area contributed by atoms with Crippen molar-refractivity contribution in [2.45, 2.75) is 32.4 Å². The predicted molar refractivity (Wildman–Crippen MR) is 91.5 cm³/mol. The van der Waals surface area contributed by atoms with Gasteiger partial charge in [-0.25, -0.2) is 4.98 Å². The molecule has 1 saturated heterocycles. The normalized spacial score (nSPS) is 18.6. The molecule has 0 saturated carbocycles. The van der Waals surface area contributed by atoms with Crippen LogP contribution in [0.15, 0.2) is 6.07 Å². The Kier molecular flexibility index (Phi) is 4.35. The number of hydrogen-bond donors (Lipinski definition) is 1. The van der Waals surface area contributed by atoms with Crippen LogP contribution in [0, 0.1) is 10.1 Å². The average molecular weight is 358 g/mol. The van der Waals surface area contributed by atoms with Crippen LogP contribution in [0.4, 0.5) is 11.6 Å². The fourth-order valence-corrected chi connectivity index (χ4v) is 3.49. The molecule has 3 rings (SSSR count). The maximum Gasteiger partial charge on any atom is 0.317 e. The van der Waals surface area contributed by atoms with Crippen molar-refractivity contribution >= 4 is 45.9 Å². The van der Waals surface area contributed by atoms with E-state index in [-0.39, 0.29) is 27.3 Å². The molecule has 1 aliphatic rings. The number of hydrogen-bond acceptors (Lipinski definition) is 5. The molecule has 0 spiro atoms. The van der Waals surface area contributed by atoms with E-state index in [4.69, 9.17) is 28.9 Å². The molecule has 1 aromatic carbocycles. The molecule has 1 fully saturated rings. The van der Waals surface area contributed by atoms with Gasteiger partial charge >= 0.3 is 5.69 Å². The first-order valence-electron chi connectivity index (χ1n) is 7.47. The Morgan fingerprint density at radius 2 is 2.26 bits per heavy atom. The summed E-state index contributed by atoms with van der Waals surface area (Å²) in [4.78, 5) is 17.5. The number of imidazole rings is 1. The van der Waals surface area contributed by atoms with Crippen LogP contribution in [0.25, 0.3) is 11.0 Å². The van der Waals surface area contributed by atoms with Crippen molar-refractivity contribution in [3.8, 4) is 0 Å². The van der Waals surface area contributed by atoms with Crippen molar-refractivity contribution in [2.75, 3.05) is 18.0 Å². The third-order valence-corrected chi connectivity index (χ3v) is 4.91. The minimum atomic E-state index is -0.532. The van der Waals surface area contributed by atoms with Crippen molar-refractivity contribution in [1.82, 2.24) is 9.55 Å². The monoisotopic (exact) mass is 357 g/mol. The molecule has 23 heavy (non-hydrogen) atoms. The van der Waals surface area contributed by atoms with Crippen LogP contribution >= 0.6 is 23.2 Å². The zero-order valence-corrected chi connectivity index (χ0v) is 14.1. The predicted octanol–water partition coefficient (Wildman–Crippen LogP) is 3.20. The zero-order chi connectivity index (χ0) is 16.7. The van der Waals surface area contributed by atoms with Gasteiger partial charge in [0.25, 0.3) is 0 Å². The van der Waals surface area contributed by atoms with Crippen LogP contribution < -0.4 is 10.6 Å². The number of anilines is 1. The fourth-order valence-electron chi connectivity index (χ4n) is 3.09. The third-order valence-electron chi connectivity index (χ3n) is 4.13. The molecule has 0 amide bonds. The van der Waals surface area contributed by atoms with E-state index in [1.807, 2.05) is 11.5 Å². The number of fused-ring (bicyclic) bond motifs is 1. The Morgan fingerprint density at radius 3 is 2.87 bits per heavy atom. The molecule has 0 unspecified atom stereocenters. The minimum Gasteiger partial charge on any atom is -0.341 e. The first kappa shape index (κ1) is 16.3. The summed E-state index contributed by atoms with van der Waals surface area (Å²) in [6, 6.07) is 1.71. The van der Waals surface area contributed by atoms with Crippen molar-refractivity contribution in [3.63, 3.8) is 0 Å². The Bertz CT molecular complexity index is 776. The maximum absolute atomic E-state index is 11.4. The number of nitro groups is 1. The highest BCUT2D eigenvalue weighted by Gasteiger charge is 2.28. The average Bonchev–Trinajstić information content (AvgIpc) is 2.85. The molecular formula is C14H17Cl2N5O2. The summed E-state index contributed by atoms with van der Waals surface area (Å²) >= 11 is 12.1. The van der Waals surface area contributed by atoms with E-state index in [1.165, 1.54) is 0 Å². The van der Waals surface area contributed by atoms with Gasteiger partial charge in [-0.05, 0) is 25.8 Å². The third kappa shape index (κ3) is 2.73. The number of nitrogens with zero attached hydrogens (tertiary/aromatic N) is 4. The SMILES string of the molecule is CCn1c(N2CCC[C@H](N)C2)nc2c([N+](=O)[O-])c(Cl)c(Cl)cc21. The molecule has 0 bridgehead atoms. The second kappa shape index (κ2) is 6.14. The first-order valence-corrected chi connectivity index (χ1v) is 8.22. The lowest BCUT2D eigenvalue weighted by Crippen LogP contribution is -2.43. The van der Waals surface area contributed by atoms with E-state index < -0.39 is 4.92 Å². The number of rotatable bonds is 3. The van der Waals surface area contributed by atoms with Gasteiger partial charge in [0.1, 0.15) is 5.02 Å². The number of aryl methyl sites for hydroxylation is 1. The van der Waals surface area contributed by atoms with E-state index in [0.29, 0.717) is 24.6 Å². The number of nitrogens with two attached hydrogens (primary N) is 1. The molecule has 2 aromatic rings. The summed E-state index contributed by atoms with van der Waals surface area (Å²) in [5.74, 6) is 0.680. The summed E-state index contributed by atoms with van der Waals surface area (Å²) in [5.41, 5.74) is 6.68. The lowest BCUT2D eigenvalue weighted by atomic mass is 10.1. The lowest BCUT2D eigenvalue weighted by molar-refractivity contribution is -0.383. The molecule has 9 heteroatoms. The van der Waals surface area contributed by atoms with Crippen molar-refractivity contribution in [1.29, 1.82) is 0 Å². The molecule has 7 nitrogen and oxygen atoms in total. The Hall–Kier alpha value is -1.57. The van der Waals surface area contributed by atoms with Gasteiger partial charge in [0, 0.05) is 25.7 Å². The van der Waals surface area contributed by atoms with Gasteiger partial charge in [0.05, 0.1) is 15.5 Å². The van der Waals surface area contributed by atoms with Gasteiger partial charge in [-0.1, -0.05) is 23.2 Å². The summed E-state index contributed by atoms with van der Waals surface area (Å²) in [6.45, 7) is 4.08. The first-order chi connectivity index (χ1) is 10.9. The van der Waals surface area contributed by atoms with Gasteiger partial charge in [0.2, 0.25) is 5.95 Å². The number of nitro benzene ring substituents is 1. The molecule has 0 aliphatic carbocycles. The largest absolute Gasteiger partial charge is 0.341 e. The molecule has 1 aliphatic heterocycles. The van der Waals surface area contributed by atoms with Gasteiger partial charge in [0.15, 0.2) is 5.52 Å². The molecular weight excluding hydrogens is 341 g/mol. The molecule has 124 valence electrons. The topological polar surface area (TPSA) is 90.2 Å². The number of aromatic nitrogens is 2. The van der Waals surface area contributed by atoms with Crippen molar-refractivity contribution in [3.05, 3.63) is 26.2 Å². The van der Waals surface area contributed by atoms with Crippen LogP contribution in [0.3, 0.4) is 0 Å². The Balaban J connectivity index is 2.24. The van der Waals surface area contributed by atoms with E-state index >= 15 is 0 Å². The van der Waals surface area contributed by atoms with Gasteiger partial charge in [-0.2, -0.15) is 0 Å². The minimum absolute atomic E-state index is 0.0770. The zero-order valence-electron chi connectivity index (χ0n) is 12.6. The second-order valence-corrected chi connectivity index (χ2v) is 6.44. The van der Waals surface area contributed by atoms with Crippen LogP contribution in [0.5, 0.6) is 0 Å². The quantitative estimate of drug-likeness (QED) is 0.672. The summed E-state index contributed by atoms with van der Waals surface area (Å²) in [7, 11) is 0. The highest BCUT2D eigenvalue weighted by molar-refractivity contribution is 6.44. The van der Waals surface area contributed by atoms with Gasteiger partial charge < -0.3 is 15.2 Å². The van der Waals surface area contributed by atoms with Crippen molar-refractivity contribution in [2.24, 2.45) is 5.73 Å². The molecule has 2 heterocycles. The van der Waals surface area contributed by atoms with E-state index in [0.717, 1.165) is 19.4 Å². The maximum atomic E-state index is 11.4. The van der Waals surface area contributed by atoms with Crippen LogP contribution in [-0.4, -0.2) is 33.6 Å². The Labute approximate surface area is 143 Å². The number of halogens is 2. The lowest BCUT2D eigenvalue weighted by Gasteiger charge is -2.31. The molecule has 0 radical (unpaired) electrons. The summed E-state index contributed by atoms with van der Waals surface area (Å²) in [5, 5.41) is 11.5. The fraction of sp³-hybridized carbons (Fsp3) is 0.500. The molecule has 1 atom stereocenters. The summed E-state index contributed by atoms with van der Waals surface area (Å²) in [6.07, 6.45) is 1.94. The van der Waals surface area contributed by atoms with Gasteiger partial charge in [-0.3, -0.25) is 10.1 Å². The van der Waals surface area contributed by atoms with E-state index in [1.54, 1.807) is 6.07 Å². The second-order valence-electron chi connectivity index (χ2n) is 5.65. The smallest absolute Gasteiger partial charge is 0.317 e. The highest BCUT2D eigenvalue weighted by atomic mass is 35.5. The standard InChI is InChI=1S/C14H17Cl2N5O2/c1-2-20-10-6-9(15)11(16)13(21(22)23)12(10)18-14(20)19-5-3-4-8(17)7-19/h6,8H,2-5,7,17H2,1H3/t8-/m0/s1. The van der Waals surface area contributed by atoms with E-state index in [2.05, 4.69) is 9.88 Å². The highest BCUT2D eigenvalue weighted by Crippen LogP contribution is 2.40. The number of benzene rings is 1. The molecule has 1 aromatic heterocycles. The Morgan fingerprint density at radius 1 is 1.52 bits per heavy atom. The number of piperidine rings is 1. The van der Waals surface area contributed by atoms with Crippen LogP contribution in [0.2, 0.25) is 10.0 Å². The van der Waals surface area contributed by atoms with Gasteiger partial charge in [-0.15, -0.1) is 0 Å². The van der Waals surface area contributed by atoms with Crippen molar-refractivity contribution < 1.29 is 4.92 Å². The summed E-state index contributed by atoms with van der Waals surface area (Å²) < 4.78 is 1.92. The van der Waals surface area contributed by atoms with Crippen LogP contribution in [-0.2, 0) is 6.54 Å². The van der Waals surface area contributed by atoms with Crippen LogP contribution in [0.1, 0.15) is 19.8 Å². The van der Waals surface area contributed by atoms with E-state index in [9.17, 15) is 10.1 Å².